The van der Waals surface area contributed by atoms with Crippen LogP contribution in [0.3, 0.4) is 0 Å². The Labute approximate surface area is 149 Å². The molecule has 3 rings (SSSR count). The van der Waals surface area contributed by atoms with Crippen LogP contribution in [0.1, 0.15) is 23.7 Å². The highest BCUT2D eigenvalue weighted by Crippen LogP contribution is 2.26. The predicted molar refractivity (Wildman–Crippen MR) is 104 cm³/mol. The van der Waals surface area contributed by atoms with Gasteiger partial charge in [0.15, 0.2) is 5.78 Å². The maximum Gasteiger partial charge on any atom is 0.163 e. The maximum atomic E-state index is 13.0. The molecule has 1 unspecified atom stereocenters. The third-order valence-electron chi connectivity index (χ3n) is 4.30. The van der Waals surface area contributed by atoms with Gasteiger partial charge in [-0.25, -0.2) is 4.98 Å². The number of hydrogen-bond acceptors (Lipinski definition) is 3. The molecular weight excluding hydrogens is 308 g/mol. The van der Waals surface area contributed by atoms with Gasteiger partial charge in [-0.05, 0) is 32.1 Å². The quantitative estimate of drug-likeness (QED) is 0.615. The molecule has 0 aliphatic heterocycles. The SMILES string of the molecule is CC(CC(=O)c1cc(-c2ccccc2)nc2ccccc12)CN(C)C. The molecule has 25 heavy (non-hydrogen) atoms. The van der Waals surface area contributed by atoms with E-state index in [9.17, 15) is 4.79 Å². The summed E-state index contributed by atoms with van der Waals surface area (Å²) >= 11 is 0. The molecule has 3 aromatic rings. The molecule has 0 radical (unpaired) electrons. The number of rotatable bonds is 6. The van der Waals surface area contributed by atoms with Crippen molar-refractivity contribution < 1.29 is 4.79 Å². The van der Waals surface area contributed by atoms with E-state index in [4.69, 9.17) is 4.98 Å². The summed E-state index contributed by atoms with van der Waals surface area (Å²) < 4.78 is 0. The van der Waals surface area contributed by atoms with Crippen LogP contribution in [0.25, 0.3) is 22.2 Å². The van der Waals surface area contributed by atoms with Crippen LogP contribution in [0.5, 0.6) is 0 Å². The highest BCUT2D eigenvalue weighted by Gasteiger charge is 2.17. The van der Waals surface area contributed by atoms with E-state index in [1.807, 2.05) is 74.8 Å². The van der Waals surface area contributed by atoms with Crippen molar-refractivity contribution in [3.8, 4) is 11.3 Å². The third kappa shape index (κ3) is 4.12. The molecule has 0 fully saturated rings. The van der Waals surface area contributed by atoms with E-state index in [2.05, 4.69) is 11.8 Å². The van der Waals surface area contributed by atoms with Crippen molar-refractivity contribution >= 4 is 16.7 Å². The van der Waals surface area contributed by atoms with E-state index in [-0.39, 0.29) is 5.78 Å². The highest BCUT2D eigenvalue weighted by molar-refractivity contribution is 6.08. The summed E-state index contributed by atoms with van der Waals surface area (Å²) in [7, 11) is 4.08. The molecule has 3 nitrogen and oxygen atoms in total. The van der Waals surface area contributed by atoms with Gasteiger partial charge in [0, 0.05) is 29.5 Å². The van der Waals surface area contributed by atoms with Gasteiger partial charge in [-0.3, -0.25) is 4.79 Å². The first kappa shape index (κ1) is 17.3. The fourth-order valence-corrected chi connectivity index (χ4v) is 3.28. The molecule has 0 saturated carbocycles. The molecule has 0 saturated heterocycles. The molecule has 0 bridgehead atoms. The Morgan fingerprint density at radius 1 is 1.04 bits per heavy atom. The maximum absolute atomic E-state index is 13.0. The van der Waals surface area contributed by atoms with Crippen LogP contribution in [-0.2, 0) is 0 Å². The van der Waals surface area contributed by atoms with E-state index in [0.717, 1.165) is 34.3 Å². The van der Waals surface area contributed by atoms with E-state index in [1.165, 1.54) is 0 Å². The number of Topliss-reactive ketones (excluding diaryl/α,β-unsaturated/α-hetero) is 1. The van der Waals surface area contributed by atoms with Crippen molar-refractivity contribution in [2.75, 3.05) is 20.6 Å². The van der Waals surface area contributed by atoms with Gasteiger partial charge in [0.25, 0.3) is 0 Å². The Balaban J connectivity index is 2.02. The first-order valence-corrected chi connectivity index (χ1v) is 8.67. The minimum absolute atomic E-state index is 0.185. The molecule has 1 atom stereocenters. The normalized spacial score (nSPS) is 12.5. The van der Waals surface area contributed by atoms with Crippen LogP contribution in [0.2, 0.25) is 0 Å². The zero-order valence-electron chi connectivity index (χ0n) is 15.1. The summed E-state index contributed by atoms with van der Waals surface area (Å²) in [6.07, 6.45) is 0.542. The predicted octanol–water partition coefficient (Wildman–Crippen LogP) is 4.67. The monoisotopic (exact) mass is 332 g/mol. The lowest BCUT2D eigenvalue weighted by Gasteiger charge is -2.17. The van der Waals surface area contributed by atoms with Crippen molar-refractivity contribution in [1.82, 2.24) is 9.88 Å². The number of pyridine rings is 1. The Morgan fingerprint density at radius 3 is 2.44 bits per heavy atom. The van der Waals surface area contributed by atoms with E-state index < -0.39 is 0 Å². The smallest absolute Gasteiger partial charge is 0.163 e. The van der Waals surface area contributed by atoms with Gasteiger partial charge in [0.05, 0.1) is 11.2 Å². The molecule has 0 N–H and O–H groups in total. The number of fused-ring (bicyclic) bond motifs is 1. The Kier molecular flexibility index (Phi) is 5.25. The zero-order valence-corrected chi connectivity index (χ0v) is 15.1. The van der Waals surface area contributed by atoms with Gasteiger partial charge in [-0.15, -0.1) is 0 Å². The van der Waals surface area contributed by atoms with E-state index >= 15 is 0 Å². The summed E-state index contributed by atoms with van der Waals surface area (Å²) in [5.74, 6) is 0.500. The first-order valence-electron chi connectivity index (χ1n) is 8.67. The topological polar surface area (TPSA) is 33.2 Å². The number of carbonyl (C=O) groups excluding carboxylic acids is 1. The van der Waals surface area contributed by atoms with Crippen LogP contribution in [0.15, 0.2) is 60.7 Å². The molecule has 0 aliphatic carbocycles. The lowest BCUT2D eigenvalue weighted by atomic mass is 9.95. The Morgan fingerprint density at radius 2 is 1.72 bits per heavy atom. The average Bonchev–Trinajstić information content (AvgIpc) is 2.60. The number of carbonyl (C=O) groups is 1. The fraction of sp³-hybridized carbons (Fsp3) is 0.273. The lowest BCUT2D eigenvalue weighted by molar-refractivity contribution is 0.0959. The minimum atomic E-state index is 0.185. The third-order valence-corrected chi connectivity index (χ3v) is 4.30. The summed E-state index contributed by atoms with van der Waals surface area (Å²) in [6.45, 7) is 3.03. The summed E-state index contributed by atoms with van der Waals surface area (Å²) in [4.78, 5) is 19.9. The van der Waals surface area contributed by atoms with Gasteiger partial charge in [0.2, 0.25) is 0 Å². The molecule has 128 valence electrons. The summed E-state index contributed by atoms with van der Waals surface area (Å²) in [5.41, 5.74) is 3.52. The molecular formula is C22H24N2O. The number of hydrogen-bond donors (Lipinski definition) is 0. The number of para-hydroxylation sites is 1. The molecule has 0 aliphatic rings. The Hall–Kier alpha value is -2.52. The second-order valence-corrected chi connectivity index (χ2v) is 6.93. The van der Waals surface area contributed by atoms with E-state index in [1.54, 1.807) is 0 Å². The Bertz CT molecular complexity index is 872. The van der Waals surface area contributed by atoms with E-state index in [0.29, 0.717) is 12.3 Å². The van der Waals surface area contributed by atoms with Crippen LogP contribution in [0, 0.1) is 5.92 Å². The molecule has 2 aromatic carbocycles. The number of ketones is 1. The molecule has 3 heteroatoms. The van der Waals surface area contributed by atoms with Crippen LogP contribution >= 0.6 is 0 Å². The van der Waals surface area contributed by atoms with Crippen LogP contribution in [-0.4, -0.2) is 36.3 Å². The molecule has 0 spiro atoms. The van der Waals surface area contributed by atoms with Crippen LogP contribution < -0.4 is 0 Å². The van der Waals surface area contributed by atoms with Gasteiger partial charge in [-0.1, -0.05) is 55.5 Å². The fourth-order valence-electron chi connectivity index (χ4n) is 3.28. The summed E-state index contributed by atoms with van der Waals surface area (Å²) in [5, 5.41) is 0.934. The van der Waals surface area contributed by atoms with Crippen molar-refractivity contribution in [1.29, 1.82) is 0 Å². The molecule has 1 heterocycles. The standard InChI is InChI=1S/C22H24N2O/c1-16(15-24(2)3)13-22(25)19-14-21(17-9-5-4-6-10-17)23-20-12-8-7-11-18(19)20/h4-12,14,16H,13,15H2,1-3H3. The van der Waals surface area contributed by atoms with Gasteiger partial charge in [0.1, 0.15) is 0 Å². The van der Waals surface area contributed by atoms with Crippen molar-refractivity contribution in [3.05, 3.63) is 66.2 Å². The average molecular weight is 332 g/mol. The van der Waals surface area contributed by atoms with Crippen LogP contribution in [0.4, 0.5) is 0 Å². The minimum Gasteiger partial charge on any atom is -0.309 e. The second kappa shape index (κ2) is 7.58. The molecule has 1 aromatic heterocycles. The van der Waals surface area contributed by atoms with Crippen molar-refractivity contribution in [3.63, 3.8) is 0 Å². The van der Waals surface area contributed by atoms with Gasteiger partial charge >= 0.3 is 0 Å². The second-order valence-electron chi connectivity index (χ2n) is 6.93. The van der Waals surface area contributed by atoms with Crippen molar-refractivity contribution in [2.24, 2.45) is 5.92 Å². The van der Waals surface area contributed by atoms with Crippen molar-refractivity contribution in [2.45, 2.75) is 13.3 Å². The van der Waals surface area contributed by atoms with Gasteiger partial charge < -0.3 is 4.90 Å². The number of aromatic nitrogens is 1. The summed E-state index contributed by atoms with van der Waals surface area (Å²) in [6, 6.07) is 19.9. The zero-order chi connectivity index (χ0) is 17.8. The first-order chi connectivity index (χ1) is 12.0. The number of benzene rings is 2. The largest absolute Gasteiger partial charge is 0.309 e. The lowest BCUT2D eigenvalue weighted by Crippen LogP contribution is -2.22. The number of nitrogens with zero attached hydrogens (tertiary/aromatic N) is 2. The molecule has 0 amide bonds. The van der Waals surface area contributed by atoms with Gasteiger partial charge in [-0.2, -0.15) is 0 Å². The highest BCUT2D eigenvalue weighted by atomic mass is 16.1.